The predicted molar refractivity (Wildman–Crippen MR) is 87.2 cm³/mol. The summed E-state index contributed by atoms with van der Waals surface area (Å²) in [5.74, 6) is -0.109. The van der Waals surface area contributed by atoms with Crippen LogP contribution in [0.4, 0.5) is 11.4 Å². The van der Waals surface area contributed by atoms with E-state index in [9.17, 15) is 9.59 Å². The van der Waals surface area contributed by atoms with Crippen LogP contribution in [0.2, 0.25) is 0 Å². The zero-order valence-electron chi connectivity index (χ0n) is 12.2. The molecule has 6 nitrogen and oxygen atoms in total. The van der Waals surface area contributed by atoms with E-state index in [1.54, 1.807) is 6.33 Å². The van der Waals surface area contributed by atoms with Gasteiger partial charge in [-0.25, -0.2) is 4.98 Å². The molecule has 2 heterocycles. The Morgan fingerprint density at radius 1 is 1.22 bits per heavy atom. The molecule has 4 rings (SSSR count). The number of imidazole rings is 1. The number of H-pyrrole nitrogens is 1. The zero-order valence-corrected chi connectivity index (χ0v) is 12.2. The van der Waals surface area contributed by atoms with Crippen molar-refractivity contribution in [1.29, 1.82) is 0 Å². The highest BCUT2D eigenvalue weighted by atomic mass is 16.2. The molecule has 0 atom stereocenters. The van der Waals surface area contributed by atoms with Crippen LogP contribution in [0.3, 0.4) is 0 Å². The number of nitrogens with zero attached hydrogens (tertiary/aromatic N) is 1. The van der Waals surface area contributed by atoms with Gasteiger partial charge in [0.2, 0.25) is 11.8 Å². The summed E-state index contributed by atoms with van der Waals surface area (Å²) in [6, 6.07) is 11.2. The van der Waals surface area contributed by atoms with Crippen molar-refractivity contribution in [2.24, 2.45) is 0 Å². The zero-order chi connectivity index (χ0) is 15.8. The SMILES string of the molecule is O=C(Cc1ccc2c(c1)NC(=O)C2)Nc1ccc2nc[nH]c2c1. The number of carbonyl (C=O) groups is 2. The summed E-state index contributed by atoms with van der Waals surface area (Å²) in [6.07, 6.45) is 2.28. The van der Waals surface area contributed by atoms with Gasteiger partial charge in [0.25, 0.3) is 0 Å². The van der Waals surface area contributed by atoms with Crippen LogP contribution in [0, 0.1) is 0 Å². The fourth-order valence-corrected chi connectivity index (χ4v) is 2.78. The minimum atomic E-state index is -0.104. The average molecular weight is 306 g/mol. The molecule has 1 aliphatic rings. The summed E-state index contributed by atoms with van der Waals surface area (Å²) in [4.78, 5) is 30.7. The van der Waals surface area contributed by atoms with Crippen LogP contribution in [0.5, 0.6) is 0 Å². The van der Waals surface area contributed by atoms with Crippen LogP contribution in [0.1, 0.15) is 11.1 Å². The first-order valence-electron chi connectivity index (χ1n) is 7.32. The highest BCUT2D eigenvalue weighted by Gasteiger charge is 2.18. The van der Waals surface area contributed by atoms with E-state index in [1.807, 2.05) is 36.4 Å². The largest absolute Gasteiger partial charge is 0.345 e. The van der Waals surface area contributed by atoms with Crippen molar-refractivity contribution >= 4 is 34.2 Å². The van der Waals surface area contributed by atoms with Crippen LogP contribution in [0.25, 0.3) is 11.0 Å². The van der Waals surface area contributed by atoms with E-state index in [1.165, 1.54) is 0 Å². The van der Waals surface area contributed by atoms with E-state index >= 15 is 0 Å². The van der Waals surface area contributed by atoms with Gasteiger partial charge in [0, 0.05) is 11.4 Å². The molecule has 1 aliphatic heterocycles. The third-order valence-corrected chi connectivity index (χ3v) is 3.87. The van der Waals surface area contributed by atoms with Gasteiger partial charge in [0.1, 0.15) is 0 Å². The number of hydrogen-bond donors (Lipinski definition) is 3. The minimum Gasteiger partial charge on any atom is -0.345 e. The van der Waals surface area contributed by atoms with Crippen molar-refractivity contribution in [1.82, 2.24) is 9.97 Å². The van der Waals surface area contributed by atoms with Crippen molar-refractivity contribution in [2.75, 3.05) is 10.6 Å². The quantitative estimate of drug-likeness (QED) is 0.693. The highest BCUT2D eigenvalue weighted by Crippen LogP contribution is 2.24. The van der Waals surface area contributed by atoms with Crippen LogP contribution in [0.15, 0.2) is 42.7 Å². The number of aromatic amines is 1. The van der Waals surface area contributed by atoms with Crippen LogP contribution >= 0.6 is 0 Å². The smallest absolute Gasteiger partial charge is 0.228 e. The summed E-state index contributed by atoms with van der Waals surface area (Å²) in [5, 5.41) is 5.67. The number of aromatic nitrogens is 2. The van der Waals surface area contributed by atoms with Crippen LogP contribution in [-0.2, 0) is 22.4 Å². The van der Waals surface area contributed by atoms with Crippen molar-refractivity contribution in [2.45, 2.75) is 12.8 Å². The number of benzene rings is 2. The second-order valence-electron chi connectivity index (χ2n) is 5.58. The summed E-state index contributed by atoms with van der Waals surface area (Å²) < 4.78 is 0. The predicted octanol–water partition coefficient (Wildman–Crippen LogP) is 2.24. The molecule has 0 saturated carbocycles. The number of anilines is 2. The summed E-state index contributed by atoms with van der Waals surface area (Å²) in [5.41, 5.74) is 5.11. The van der Waals surface area contributed by atoms with Crippen LogP contribution in [-0.4, -0.2) is 21.8 Å². The lowest BCUT2D eigenvalue weighted by Crippen LogP contribution is -2.14. The molecule has 0 saturated heterocycles. The molecule has 2 aromatic carbocycles. The number of amides is 2. The van der Waals surface area contributed by atoms with E-state index in [0.717, 1.165) is 33.5 Å². The van der Waals surface area contributed by atoms with E-state index in [-0.39, 0.29) is 18.2 Å². The summed E-state index contributed by atoms with van der Waals surface area (Å²) >= 11 is 0. The lowest BCUT2D eigenvalue weighted by molar-refractivity contribution is -0.116. The fraction of sp³-hybridized carbons (Fsp3) is 0.118. The first-order valence-corrected chi connectivity index (χ1v) is 7.32. The minimum absolute atomic E-state index is 0.00513. The Morgan fingerprint density at radius 2 is 2.13 bits per heavy atom. The molecular weight excluding hydrogens is 292 g/mol. The molecule has 3 aromatic rings. The van der Waals surface area contributed by atoms with Gasteiger partial charge in [-0.15, -0.1) is 0 Å². The van der Waals surface area contributed by atoms with E-state index in [0.29, 0.717) is 6.42 Å². The Morgan fingerprint density at radius 3 is 3.04 bits per heavy atom. The number of rotatable bonds is 3. The van der Waals surface area contributed by atoms with Crippen molar-refractivity contribution in [3.05, 3.63) is 53.9 Å². The van der Waals surface area contributed by atoms with Crippen molar-refractivity contribution < 1.29 is 9.59 Å². The van der Waals surface area contributed by atoms with Crippen molar-refractivity contribution in [3.63, 3.8) is 0 Å². The molecule has 0 spiro atoms. The van der Waals surface area contributed by atoms with Gasteiger partial charge in [-0.3, -0.25) is 9.59 Å². The topological polar surface area (TPSA) is 86.9 Å². The first kappa shape index (κ1) is 13.5. The lowest BCUT2D eigenvalue weighted by Gasteiger charge is -2.07. The molecule has 0 radical (unpaired) electrons. The molecule has 2 amide bonds. The number of fused-ring (bicyclic) bond motifs is 2. The van der Waals surface area contributed by atoms with Gasteiger partial charge >= 0.3 is 0 Å². The molecule has 6 heteroatoms. The maximum atomic E-state index is 12.2. The third kappa shape index (κ3) is 2.66. The summed E-state index contributed by atoms with van der Waals surface area (Å²) in [7, 11) is 0. The van der Waals surface area contributed by atoms with Gasteiger partial charge in [0.15, 0.2) is 0 Å². The van der Waals surface area contributed by atoms with Gasteiger partial charge in [0.05, 0.1) is 30.2 Å². The first-order chi connectivity index (χ1) is 11.2. The van der Waals surface area contributed by atoms with Gasteiger partial charge in [-0.1, -0.05) is 12.1 Å². The van der Waals surface area contributed by atoms with Crippen molar-refractivity contribution in [3.8, 4) is 0 Å². The maximum Gasteiger partial charge on any atom is 0.228 e. The second-order valence-corrected chi connectivity index (χ2v) is 5.58. The highest BCUT2D eigenvalue weighted by molar-refractivity contribution is 5.99. The molecule has 0 fully saturated rings. The number of carbonyl (C=O) groups excluding carboxylic acids is 2. The Labute approximate surface area is 131 Å². The molecule has 0 unspecified atom stereocenters. The summed E-state index contributed by atoms with van der Waals surface area (Å²) in [6.45, 7) is 0. The molecular formula is C17H14N4O2. The molecule has 1 aromatic heterocycles. The molecule has 3 N–H and O–H groups in total. The van der Waals surface area contributed by atoms with Crippen LogP contribution < -0.4 is 10.6 Å². The standard InChI is InChI=1S/C17H14N4O2/c22-16(20-12-3-4-13-15(8-12)19-9-18-13)6-10-1-2-11-7-17(23)21-14(11)5-10/h1-5,8-9H,6-7H2,(H,18,19)(H,20,22)(H,21,23). The Hall–Kier alpha value is -3.15. The van der Waals surface area contributed by atoms with E-state index in [4.69, 9.17) is 0 Å². The number of nitrogens with one attached hydrogen (secondary N) is 3. The van der Waals surface area contributed by atoms with Gasteiger partial charge in [-0.05, 0) is 35.4 Å². The molecule has 0 bridgehead atoms. The van der Waals surface area contributed by atoms with E-state index in [2.05, 4.69) is 20.6 Å². The number of hydrogen-bond acceptors (Lipinski definition) is 3. The maximum absolute atomic E-state index is 12.2. The molecule has 114 valence electrons. The fourth-order valence-electron chi connectivity index (χ4n) is 2.78. The second kappa shape index (κ2) is 5.24. The third-order valence-electron chi connectivity index (χ3n) is 3.87. The van der Waals surface area contributed by atoms with E-state index < -0.39 is 0 Å². The Kier molecular flexibility index (Phi) is 3.08. The van der Waals surface area contributed by atoms with Gasteiger partial charge < -0.3 is 15.6 Å². The molecule has 23 heavy (non-hydrogen) atoms. The average Bonchev–Trinajstić information content (AvgIpc) is 3.11. The normalized spacial score (nSPS) is 13.0. The van der Waals surface area contributed by atoms with Gasteiger partial charge in [-0.2, -0.15) is 0 Å². The monoisotopic (exact) mass is 306 g/mol. The lowest BCUT2D eigenvalue weighted by atomic mass is 10.1. The Balaban J connectivity index is 1.47. The Bertz CT molecular complexity index is 929. The molecule has 0 aliphatic carbocycles.